The molecule has 0 fully saturated rings. The van der Waals surface area contributed by atoms with Crippen LogP contribution in [0.3, 0.4) is 0 Å². The van der Waals surface area contributed by atoms with Crippen LogP contribution in [-0.4, -0.2) is 23.8 Å². The van der Waals surface area contributed by atoms with Crippen molar-refractivity contribution in [3.63, 3.8) is 0 Å². The number of aliphatic hydroxyl groups is 1. The van der Waals surface area contributed by atoms with Crippen LogP contribution in [0.4, 0.5) is 5.69 Å². The average molecular weight is 358 g/mol. The van der Waals surface area contributed by atoms with E-state index in [0.29, 0.717) is 27.8 Å². The summed E-state index contributed by atoms with van der Waals surface area (Å²) in [5.74, 6) is -0.434. The van der Waals surface area contributed by atoms with Crippen LogP contribution in [-0.2, 0) is 10.4 Å². The smallest absolute Gasteiger partial charge is 0.263 e. The molecule has 1 atom stereocenters. The van der Waals surface area contributed by atoms with E-state index < -0.39 is 11.5 Å². The van der Waals surface area contributed by atoms with E-state index >= 15 is 0 Å². The number of carbonyl (C=O) groups excluding carboxylic acids is 2. The Morgan fingerprint density at radius 3 is 2.44 bits per heavy atom. The summed E-state index contributed by atoms with van der Waals surface area (Å²) in [5, 5.41) is 11.4. The summed E-state index contributed by atoms with van der Waals surface area (Å²) < 4.78 is 0. The number of hydrogen-bond acceptors (Lipinski definition) is 3. The lowest BCUT2D eigenvalue weighted by atomic mass is 9.87. The van der Waals surface area contributed by atoms with E-state index in [1.54, 1.807) is 37.4 Å². The van der Waals surface area contributed by atoms with Gasteiger partial charge in [-0.3, -0.25) is 9.59 Å². The second-order valence-electron chi connectivity index (χ2n) is 6.76. The molecule has 1 aliphatic heterocycles. The van der Waals surface area contributed by atoms with Gasteiger partial charge >= 0.3 is 0 Å². The highest BCUT2D eigenvalue weighted by molar-refractivity contribution is 6.31. The topological polar surface area (TPSA) is 57.6 Å². The van der Waals surface area contributed by atoms with E-state index in [1.165, 1.54) is 4.90 Å². The van der Waals surface area contributed by atoms with Gasteiger partial charge in [0.05, 0.1) is 12.1 Å². The first kappa shape index (κ1) is 17.6. The molecule has 1 amide bonds. The van der Waals surface area contributed by atoms with Gasteiger partial charge in [0.1, 0.15) is 0 Å². The Hall–Kier alpha value is -2.17. The summed E-state index contributed by atoms with van der Waals surface area (Å²) >= 11 is 6.02. The molecule has 5 heteroatoms. The van der Waals surface area contributed by atoms with Crippen LogP contribution in [0.25, 0.3) is 0 Å². The molecule has 0 bridgehead atoms. The van der Waals surface area contributed by atoms with Gasteiger partial charge in [0.25, 0.3) is 5.91 Å². The number of likely N-dealkylation sites (N-methyl/N-ethyl adjacent to an activating group) is 1. The van der Waals surface area contributed by atoms with Crippen LogP contribution < -0.4 is 4.90 Å². The summed E-state index contributed by atoms with van der Waals surface area (Å²) in [6.07, 6.45) is -0.315. The van der Waals surface area contributed by atoms with Crippen LogP contribution >= 0.6 is 11.6 Å². The van der Waals surface area contributed by atoms with Crippen LogP contribution in [0.15, 0.2) is 42.5 Å². The monoisotopic (exact) mass is 357 g/mol. The number of anilines is 1. The zero-order chi connectivity index (χ0) is 18.4. The van der Waals surface area contributed by atoms with E-state index in [-0.39, 0.29) is 12.2 Å². The summed E-state index contributed by atoms with van der Waals surface area (Å²) in [4.78, 5) is 26.6. The number of halogens is 1. The third-order valence-corrected chi connectivity index (χ3v) is 4.97. The van der Waals surface area contributed by atoms with Crippen LogP contribution in [0.2, 0.25) is 5.02 Å². The molecule has 1 N–H and O–H groups in total. The molecule has 25 heavy (non-hydrogen) atoms. The number of nitrogens with zero attached hydrogens (tertiary/aromatic N) is 1. The average Bonchev–Trinajstić information content (AvgIpc) is 2.76. The second kappa shape index (κ2) is 6.28. The van der Waals surface area contributed by atoms with Crippen molar-refractivity contribution in [3.05, 3.63) is 64.2 Å². The molecule has 0 saturated heterocycles. The SMILES string of the molecule is CC(C)c1ccc(C(=O)CC2(O)C(=O)N(C)c3ccc(Cl)cc32)cc1. The highest BCUT2D eigenvalue weighted by atomic mass is 35.5. The largest absolute Gasteiger partial charge is 0.375 e. The lowest BCUT2D eigenvalue weighted by Crippen LogP contribution is -2.40. The Bertz CT molecular complexity index is 845. The predicted octanol–water partition coefficient (Wildman–Crippen LogP) is 3.90. The van der Waals surface area contributed by atoms with E-state index in [9.17, 15) is 14.7 Å². The Labute approximate surface area is 152 Å². The minimum atomic E-state index is -1.89. The molecule has 0 aliphatic carbocycles. The van der Waals surface area contributed by atoms with Crippen LogP contribution in [0.5, 0.6) is 0 Å². The van der Waals surface area contributed by atoms with Crippen molar-refractivity contribution < 1.29 is 14.7 Å². The molecule has 0 radical (unpaired) electrons. The second-order valence-corrected chi connectivity index (χ2v) is 7.20. The lowest BCUT2D eigenvalue weighted by molar-refractivity contribution is -0.135. The van der Waals surface area contributed by atoms with Crippen molar-refractivity contribution in [2.24, 2.45) is 0 Å². The van der Waals surface area contributed by atoms with Crippen LogP contribution in [0.1, 0.15) is 47.7 Å². The summed E-state index contributed by atoms with van der Waals surface area (Å²) in [7, 11) is 1.58. The zero-order valence-electron chi connectivity index (χ0n) is 14.4. The number of benzene rings is 2. The molecule has 1 heterocycles. The Morgan fingerprint density at radius 1 is 1.20 bits per heavy atom. The number of fused-ring (bicyclic) bond motifs is 1. The maximum Gasteiger partial charge on any atom is 0.263 e. The summed E-state index contributed by atoms with van der Waals surface area (Å²) in [6.45, 7) is 4.15. The van der Waals surface area contributed by atoms with E-state index in [1.807, 2.05) is 12.1 Å². The minimum absolute atomic E-state index is 0.285. The first-order valence-corrected chi connectivity index (χ1v) is 8.55. The van der Waals surface area contributed by atoms with E-state index in [4.69, 9.17) is 11.6 Å². The van der Waals surface area contributed by atoms with Gasteiger partial charge in [-0.1, -0.05) is 49.7 Å². The van der Waals surface area contributed by atoms with Crippen molar-refractivity contribution in [3.8, 4) is 0 Å². The first-order valence-electron chi connectivity index (χ1n) is 8.18. The van der Waals surface area contributed by atoms with Gasteiger partial charge in [0.2, 0.25) is 0 Å². The molecular weight excluding hydrogens is 338 g/mol. The Balaban J connectivity index is 1.93. The minimum Gasteiger partial charge on any atom is -0.375 e. The number of rotatable bonds is 4. The van der Waals surface area contributed by atoms with Crippen molar-refractivity contribution >= 4 is 29.0 Å². The van der Waals surface area contributed by atoms with Gasteiger partial charge in [-0.2, -0.15) is 0 Å². The molecule has 2 aromatic carbocycles. The standard InChI is InChI=1S/C20H20ClNO3/c1-12(2)13-4-6-14(7-5-13)18(23)11-20(25)16-10-15(21)8-9-17(16)22(3)19(20)24/h4-10,12,25H,11H2,1-3H3. The first-order chi connectivity index (χ1) is 11.7. The van der Waals surface area contributed by atoms with Gasteiger partial charge in [-0.25, -0.2) is 0 Å². The number of hydrogen-bond donors (Lipinski definition) is 1. The third kappa shape index (κ3) is 2.96. The normalized spacial score (nSPS) is 19.4. The van der Waals surface area contributed by atoms with Crippen molar-refractivity contribution in [1.82, 2.24) is 0 Å². The van der Waals surface area contributed by atoms with Crippen molar-refractivity contribution in [2.45, 2.75) is 31.8 Å². The maximum atomic E-state index is 12.7. The predicted molar refractivity (Wildman–Crippen MR) is 98.2 cm³/mol. The molecule has 1 unspecified atom stereocenters. The Morgan fingerprint density at radius 2 is 1.84 bits per heavy atom. The molecule has 0 aromatic heterocycles. The van der Waals surface area contributed by atoms with Gasteiger partial charge in [0.15, 0.2) is 11.4 Å². The fourth-order valence-corrected chi connectivity index (χ4v) is 3.37. The van der Waals surface area contributed by atoms with E-state index in [0.717, 1.165) is 5.56 Å². The number of carbonyl (C=O) groups is 2. The molecule has 0 spiro atoms. The highest BCUT2D eigenvalue weighted by Crippen LogP contribution is 2.43. The molecular formula is C20H20ClNO3. The molecule has 1 aliphatic rings. The van der Waals surface area contributed by atoms with Crippen LogP contribution in [0, 0.1) is 0 Å². The van der Waals surface area contributed by atoms with Gasteiger partial charge in [-0.15, -0.1) is 0 Å². The fourth-order valence-electron chi connectivity index (χ4n) is 3.19. The molecule has 2 aromatic rings. The molecule has 4 nitrogen and oxygen atoms in total. The highest BCUT2D eigenvalue weighted by Gasteiger charge is 2.49. The Kier molecular flexibility index (Phi) is 4.43. The third-order valence-electron chi connectivity index (χ3n) is 4.74. The van der Waals surface area contributed by atoms with Crippen molar-refractivity contribution in [1.29, 1.82) is 0 Å². The number of ketones is 1. The van der Waals surface area contributed by atoms with E-state index in [2.05, 4.69) is 13.8 Å². The quantitative estimate of drug-likeness (QED) is 0.844. The zero-order valence-corrected chi connectivity index (χ0v) is 15.2. The van der Waals surface area contributed by atoms with Gasteiger partial charge < -0.3 is 10.0 Å². The van der Waals surface area contributed by atoms with Crippen molar-refractivity contribution in [2.75, 3.05) is 11.9 Å². The number of amides is 1. The fraction of sp³-hybridized carbons (Fsp3) is 0.300. The number of Topliss-reactive ketones (excluding diaryl/α,β-unsaturated/α-hetero) is 1. The van der Waals surface area contributed by atoms with Gasteiger partial charge in [-0.05, 0) is 29.7 Å². The summed E-state index contributed by atoms with van der Waals surface area (Å²) in [6, 6.07) is 12.2. The molecule has 130 valence electrons. The molecule has 3 rings (SSSR count). The maximum absolute atomic E-state index is 12.7. The lowest BCUT2D eigenvalue weighted by Gasteiger charge is -2.21. The van der Waals surface area contributed by atoms with Gasteiger partial charge in [0, 0.05) is 23.2 Å². The molecule has 0 saturated carbocycles. The summed E-state index contributed by atoms with van der Waals surface area (Å²) in [5.41, 5.74) is 0.662.